The second-order valence-corrected chi connectivity index (χ2v) is 12.2. The molecule has 1 aliphatic rings. The van der Waals surface area contributed by atoms with Gasteiger partial charge in [-0.3, -0.25) is 4.79 Å². The van der Waals surface area contributed by atoms with E-state index in [0.29, 0.717) is 6.92 Å². The molecule has 1 aromatic carbocycles. The van der Waals surface area contributed by atoms with Gasteiger partial charge in [-0.1, -0.05) is 18.2 Å². The Morgan fingerprint density at radius 2 is 1.85 bits per heavy atom. The van der Waals surface area contributed by atoms with E-state index in [1.807, 2.05) is 0 Å². The molecule has 2 N–H and O–H groups in total. The van der Waals surface area contributed by atoms with Gasteiger partial charge in [0.25, 0.3) is 11.8 Å². The van der Waals surface area contributed by atoms with E-state index in [4.69, 9.17) is 4.42 Å². The van der Waals surface area contributed by atoms with E-state index in [1.54, 1.807) is 4.72 Å². The predicted molar refractivity (Wildman–Crippen MR) is 132 cm³/mol. The van der Waals surface area contributed by atoms with Crippen LogP contribution < -0.4 is 4.72 Å². The van der Waals surface area contributed by atoms with Gasteiger partial charge in [0.2, 0.25) is 15.9 Å². The monoisotopic (exact) mass is 591 g/mol. The highest BCUT2D eigenvalue weighted by molar-refractivity contribution is 7.89. The van der Waals surface area contributed by atoms with Crippen LogP contribution in [0.4, 0.5) is 17.6 Å². The summed E-state index contributed by atoms with van der Waals surface area (Å²) in [5.41, 5.74) is -1.77. The molecular formula is C23H25F4N5O5S2. The molecule has 1 aliphatic heterocycles. The lowest BCUT2D eigenvalue weighted by Gasteiger charge is -2.28. The first-order valence-electron chi connectivity index (χ1n) is 11.8. The minimum atomic E-state index is -4.83. The zero-order valence-electron chi connectivity index (χ0n) is 21.0. The van der Waals surface area contributed by atoms with Gasteiger partial charge in [-0.15, -0.1) is 21.5 Å². The van der Waals surface area contributed by atoms with Crippen LogP contribution in [-0.4, -0.2) is 71.0 Å². The summed E-state index contributed by atoms with van der Waals surface area (Å²) in [6.45, 7) is 3.69. The second-order valence-electron chi connectivity index (χ2n) is 9.52. The Morgan fingerprint density at radius 1 is 1.21 bits per heavy atom. The fraction of sp³-hybridized carbons (Fsp3) is 0.478. The molecule has 0 spiro atoms. The van der Waals surface area contributed by atoms with Crippen LogP contribution in [0.1, 0.15) is 50.0 Å². The van der Waals surface area contributed by atoms with Gasteiger partial charge in [0, 0.05) is 18.7 Å². The van der Waals surface area contributed by atoms with Crippen molar-refractivity contribution < 1.29 is 40.3 Å². The number of nitrogens with zero attached hydrogens (tertiary/aromatic N) is 4. The zero-order valence-corrected chi connectivity index (χ0v) is 22.6. The van der Waals surface area contributed by atoms with Crippen molar-refractivity contribution in [2.45, 2.75) is 62.5 Å². The quantitative estimate of drug-likeness (QED) is 0.395. The summed E-state index contributed by atoms with van der Waals surface area (Å²) in [6, 6.07) is 2.86. The van der Waals surface area contributed by atoms with Crippen LogP contribution in [0.2, 0.25) is 0 Å². The van der Waals surface area contributed by atoms with Crippen LogP contribution in [0.3, 0.4) is 0 Å². The van der Waals surface area contributed by atoms with Gasteiger partial charge in [0.15, 0.2) is 5.01 Å². The smallest absolute Gasteiger partial charge is 0.404 e. The number of rotatable bonds is 7. The largest absolute Gasteiger partial charge is 0.415 e. The summed E-state index contributed by atoms with van der Waals surface area (Å²) in [6.07, 6.45) is -5.67. The topological polar surface area (TPSA) is 139 Å². The molecule has 2 aromatic heterocycles. The van der Waals surface area contributed by atoms with Gasteiger partial charge in [0.05, 0.1) is 9.77 Å². The molecule has 0 bridgehead atoms. The molecule has 3 aromatic rings. The van der Waals surface area contributed by atoms with Crippen molar-refractivity contribution >= 4 is 27.3 Å². The lowest BCUT2D eigenvalue weighted by molar-refractivity contribution is -0.147. The SMILES string of the molecule is CC(NS(=O)(=O)c1ccccc1-c1sc(-c2nnc(C(C)(C)O)o2)nc1C(=O)N1CCC(F)CC1)C(F)(F)F. The number of halogens is 4. The average molecular weight is 592 g/mol. The van der Waals surface area contributed by atoms with Gasteiger partial charge in [-0.05, 0) is 39.7 Å². The molecule has 1 saturated heterocycles. The van der Waals surface area contributed by atoms with E-state index in [2.05, 4.69) is 15.2 Å². The number of nitrogens with one attached hydrogen (secondary N) is 1. The Balaban J connectivity index is 1.84. The molecule has 39 heavy (non-hydrogen) atoms. The minimum absolute atomic E-state index is 0.0144. The fourth-order valence-corrected chi connectivity index (χ4v) is 6.27. The number of hydrogen-bond acceptors (Lipinski definition) is 9. The van der Waals surface area contributed by atoms with Crippen LogP contribution in [0.5, 0.6) is 0 Å². The molecular weight excluding hydrogens is 566 g/mol. The summed E-state index contributed by atoms with van der Waals surface area (Å²) in [4.78, 5) is 18.7. The van der Waals surface area contributed by atoms with E-state index < -0.39 is 44.8 Å². The zero-order chi connectivity index (χ0) is 28.8. The normalized spacial score (nSPS) is 16.5. The van der Waals surface area contributed by atoms with E-state index in [0.717, 1.165) is 17.4 Å². The summed E-state index contributed by atoms with van der Waals surface area (Å²) < 4.78 is 86.4. The number of thiazole rings is 1. The fourth-order valence-electron chi connectivity index (χ4n) is 3.75. The molecule has 212 valence electrons. The highest BCUT2D eigenvalue weighted by atomic mass is 32.2. The van der Waals surface area contributed by atoms with E-state index in [9.17, 15) is 35.9 Å². The average Bonchev–Trinajstić information content (AvgIpc) is 3.51. The molecule has 16 heteroatoms. The number of benzene rings is 1. The third-order valence-electron chi connectivity index (χ3n) is 5.92. The Bertz CT molecular complexity index is 1460. The van der Waals surface area contributed by atoms with E-state index >= 15 is 0 Å². The number of alkyl halides is 4. The molecule has 3 heterocycles. The van der Waals surface area contributed by atoms with Crippen LogP contribution in [0.15, 0.2) is 33.6 Å². The predicted octanol–water partition coefficient (Wildman–Crippen LogP) is 3.89. The summed E-state index contributed by atoms with van der Waals surface area (Å²) in [5.74, 6) is -0.921. The van der Waals surface area contributed by atoms with Crippen molar-refractivity contribution in [3.05, 3.63) is 35.9 Å². The Hall–Kier alpha value is -2.95. The molecule has 4 rings (SSSR count). The highest BCUT2D eigenvalue weighted by Crippen LogP contribution is 2.39. The van der Waals surface area contributed by atoms with Gasteiger partial charge < -0.3 is 14.4 Å². The van der Waals surface area contributed by atoms with Crippen LogP contribution in [0, 0.1) is 0 Å². The van der Waals surface area contributed by atoms with Crippen LogP contribution in [0.25, 0.3) is 21.3 Å². The summed E-state index contributed by atoms with van der Waals surface area (Å²) in [5, 5.41) is 17.8. The minimum Gasteiger partial charge on any atom is -0.415 e. The maximum atomic E-state index is 13.7. The van der Waals surface area contributed by atoms with Crippen molar-refractivity contribution in [3.63, 3.8) is 0 Å². The number of aliphatic hydroxyl groups is 1. The maximum Gasteiger partial charge on any atom is 0.404 e. The first kappa shape index (κ1) is 29.0. The van der Waals surface area contributed by atoms with Crippen molar-refractivity contribution in [1.29, 1.82) is 0 Å². The summed E-state index contributed by atoms with van der Waals surface area (Å²) >= 11 is 0.812. The number of piperidine rings is 1. The lowest BCUT2D eigenvalue weighted by Crippen LogP contribution is -2.43. The van der Waals surface area contributed by atoms with Crippen LogP contribution >= 0.6 is 11.3 Å². The number of amides is 1. The van der Waals surface area contributed by atoms with Crippen molar-refractivity contribution in [1.82, 2.24) is 24.8 Å². The third kappa shape index (κ3) is 6.28. The number of aromatic nitrogens is 3. The van der Waals surface area contributed by atoms with Crippen molar-refractivity contribution in [3.8, 4) is 21.3 Å². The van der Waals surface area contributed by atoms with Gasteiger partial charge in [0.1, 0.15) is 23.5 Å². The second kappa shape index (κ2) is 10.6. The number of carbonyl (C=O) groups excluding carboxylic acids is 1. The number of sulfonamides is 1. The number of likely N-dealkylation sites (tertiary alicyclic amines) is 1. The van der Waals surface area contributed by atoms with Gasteiger partial charge in [-0.2, -0.15) is 17.9 Å². The molecule has 1 fully saturated rings. The molecule has 1 atom stereocenters. The van der Waals surface area contributed by atoms with E-state index in [-0.39, 0.29) is 58.9 Å². The molecule has 10 nitrogen and oxygen atoms in total. The first-order chi connectivity index (χ1) is 18.1. The van der Waals surface area contributed by atoms with Crippen LogP contribution in [-0.2, 0) is 15.6 Å². The number of hydrogen-bond donors (Lipinski definition) is 2. The van der Waals surface area contributed by atoms with Gasteiger partial charge in [-0.25, -0.2) is 17.8 Å². The Labute approximate surface area is 225 Å². The number of carbonyl (C=O) groups is 1. The standard InChI is InChI=1S/C23H25F4N5O5S2/c1-12(23(25,26)27)31-39(35,36)15-7-5-4-6-14(15)17-16(20(33)32-10-8-13(24)9-11-32)28-19(38-17)18-29-30-21(37-18)22(2,3)34/h4-7,12-13,31,34H,8-11H2,1-3H3. The highest BCUT2D eigenvalue weighted by Gasteiger charge is 2.40. The lowest BCUT2D eigenvalue weighted by atomic mass is 10.1. The molecule has 0 aliphatic carbocycles. The third-order valence-corrected chi connectivity index (χ3v) is 8.59. The van der Waals surface area contributed by atoms with Crippen molar-refractivity contribution in [2.24, 2.45) is 0 Å². The Morgan fingerprint density at radius 3 is 2.44 bits per heavy atom. The summed E-state index contributed by atoms with van der Waals surface area (Å²) in [7, 11) is -4.72. The molecule has 0 saturated carbocycles. The Kier molecular flexibility index (Phi) is 7.86. The first-order valence-corrected chi connectivity index (χ1v) is 14.1. The van der Waals surface area contributed by atoms with Gasteiger partial charge >= 0.3 is 6.18 Å². The maximum absolute atomic E-state index is 13.7. The van der Waals surface area contributed by atoms with Crippen molar-refractivity contribution in [2.75, 3.05) is 13.1 Å². The van der Waals surface area contributed by atoms with E-state index in [1.165, 1.54) is 36.9 Å². The molecule has 1 unspecified atom stereocenters. The molecule has 1 amide bonds. The molecule has 0 radical (unpaired) electrons.